The van der Waals surface area contributed by atoms with Gasteiger partial charge in [-0.1, -0.05) is 11.6 Å². The Hall–Kier alpha value is -2.03. The number of carbonyl (C=O) groups excluding carboxylic acids is 2. The first-order valence-corrected chi connectivity index (χ1v) is 9.52. The summed E-state index contributed by atoms with van der Waals surface area (Å²) in [6.07, 6.45) is 8.48. The fraction of sp³-hybridized carbons (Fsp3) is 0.500. The zero-order valence-electron chi connectivity index (χ0n) is 15.4. The van der Waals surface area contributed by atoms with Crippen molar-refractivity contribution in [1.29, 1.82) is 0 Å². The number of amides is 3. The smallest absolute Gasteiger partial charge is 0.320 e. The molecule has 0 unspecified atom stereocenters. The molecule has 3 amide bonds. The molecule has 3 heterocycles. The molecule has 0 aromatic carbocycles. The highest BCUT2D eigenvalue weighted by Crippen LogP contribution is 2.24. The largest absolute Gasteiger partial charge is 0.364 e. The first-order valence-electron chi connectivity index (χ1n) is 9.15. The fourth-order valence-electron chi connectivity index (χ4n) is 3.39. The monoisotopic (exact) mass is 429 g/mol. The number of pyridine rings is 1. The molecule has 154 valence electrons. The summed E-state index contributed by atoms with van der Waals surface area (Å²) in [4.78, 5) is 31.7. The van der Waals surface area contributed by atoms with Gasteiger partial charge in [-0.2, -0.15) is 0 Å². The van der Waals surface area contributed by atoms with Crippen LogP contribution in [0.2, 0.25) is 5.02 Å². The molecule has 1 aromatic rings. The topological polar surface area (TPSA) is 97.8 Å². The predicted octanol–water partition coefficient (Wildman–Crippen LogP) is 2.77. The van der Waals surface area contributed by atoms with Crippen molar-refractivity contribution in [2.24, 2.45) is 0 Å². The summed E-state index contributed by atoms with van der Waals surface area (Å²) in [5.41, 5.74) is 2.16. The fourth-order valence-corrected chi connectivity index (χ4v) is 3.62. The van der Waals surface area contributed by atoms with Crippen LogP contribution in [0.4, 0.5) is 10.6 Å². The van der Waals surface area contributed by atoms with Gasteiger partial charge in [0.2, 0.25) is 0 Å². The molecular weight excluding hydrogens is 405 g/mol. The number of urea groups is 1. The van der Waals surface area contributed by atoms with Gasteiger partial charge in [-0.25, -0.2) is 15.3 Å². The Balaban J connectivity index is 0.00000280. The van der Waals surface area contributed by atoms with E-state index in [-0.39, 0.29) is 24.5 Å². The van der Waals surface area contributed by atoms with E-state index in [9.17, 15) is 9.59 Å². The van der Waals surface area contributed by atoms with Crippen molar-refractivity contribution in [2.75, 3.05) is 31.5 Å². The van der Waals surface area contributed by atoms with Crippen LogP contribution < -0.4 is 10.8 Å². The van der Waals surface area contributed by atoms with Gasteiger partial charge in [0, 0.05) is 44.5 Å². The second-order valence-electron chi connectivity index (χ2n) is 6.81. The summed E-state index contributed by atoms with van der Waals surface area (Å²) in [5, 5.41) is 12.2. The van der Waals surface area contributed by atoms with Gasteiger partial charge in [-0.15, -0.1) is 12.4 Å². The van der Waals surface area contributed by atoms with Crippen LogP contribution in [0.15, 0.2) is 18.3 Å². The molecule has 3 N–H and O–H groups in total. The maximum Gasteiger partial charge on any atom is 0.320 e. The number of aromatic nitrogens is 1. The van der Waals surface area contributed by atoms with Gasteiger partial charge in [0.05, 0.1) is 5.02 Å². The van der Waals surface area contributed by atoms with E-state index in [0.29, 0.717) is 22.9 Å². The van der Waals surface area contributed by atoms with Crippen molar-refractivity contribution in [3.05, 3.63) is 28.9 Å². The number of carbonyl (C=O) groups is 2. The first-order chi connectivity index (χ1) is 13.1. The van der Waals surface area contributed by atoms with E-state index in [1.807, 2.05) is 9.80 Å². The molecular formula is C18H25Cl2N5O3. The molecule has 2 aliphatic heterocycles. The predicted molar refractivity (Wildman–Crippen MR) is 110 cm³/mol. The lowest BCUT2D eigenvalue weighted by atomic mass is 10.1. The van der Waals surface area contributed by atoms with Crippen LogP contribution in [-0.2, 0) is 4.79 Å². The summed E-state index contributed by atoms with van der Waals surface area (Å²) in [7, 11) is 0. The number of halogens is 2. The highest BCUT2D eigenvalue weighted by molar-refractivity contribution is 6.33. The van der Waals surface area contributed by atoms with Gasteiger partial charge in [-0.05, 0) is 43.4 Å². The number of hydrogen-bond donors (Lipinski definition) is 3. The van der Waals surface area contributed by atoms with E-state index < -0.39 is 5.91 Å². The second kappa shape index (κ2) is 10.5. The summed E-state index contributed by atoms with van der Waals surface area (Å²) >= 11 is 6.28. The summed E-state index contributed by atoms with van der Waals surface area (Å²) < 4.78 is 0. The van der Waals surface area contributed by atoms with Gasteiger partial charge < -0.3 is 15.1 Å². The minimum absolute atomic E-state index is 0. The Morgan fingerprint density at radius 3 is 2.64 bits per heavy atom. The molecule has 28 heavy (non-hydrogen) atoms. The van der Waals surface area contributed by atoms with Gasteiger partial charge in [0.15, 0.2) is 0 Å². The summed E-state index contributed by atoms with van der Waals surface area (Å²) in [6.45, 7) is 3.06. The number of nitrogens with zero attached hydrogens (tertiary/aromatic N) is 3. The van der Waals surface area contributed by atoms with Gasteiger partial charge in [0.1, 0.15) is 5.82 Å². The lowest BCUT2D eigenvalue weighted by Gasteiger charge is -2.31. The van der Waals surface area contributed by atoms with Crippen molar-refractivity contribution in [3.8, 4) is 0 Å². The van der Waals surface area contributed by atoms with E-state index in [0.717, 1.165) is 38.9 Å². The molecule has 2 saturated heterocycles. The van der Waals surface area contributed by atoms with E-state index >= 15 is 0 Å². The highest BCUT2D eigenvalue weighted by Gasteiger charge is 2.30. The Kier molecular flexibility index (Phi) is 8.35. The Labute approximate surface area is 175 Å². The standard InChI is InChI=1S/C18H24ClN5O3.ClH/c19-15-10-13(4-5-16(25)22-27)11-20-17(15)21-14-6-9-24(12-14)18(26)23-7-2-1-3-8-23;/h4-5,10-11,14,27H,1-3,6-9,12H2,(H,20,21)(H,22,25);1H/b5-4+;/t14-;/m1./s1. The lowest BCUT2D eigenvalue weighted by molar-refractivity contribution is -0.124. The zero-order chi connectivity index (χ0) is 19.2. The van der Waals surface area contributed by atoms with E-state index in [2.05, 4.69) is 10.3 Å². The van der Waals surface area contributed by atoms with Crippen LogP contribution in [0.1, 0.15) is 31.2 Å². The van der Waals surface area contributed by atoms with Gasteiger partial charge >= 0.3 is 6.03 Å². The molecule has 0 saturated carbocycles. The van der Waals surface area contributed by atoms with Crippen LogP contribution in [0.5, 0.6) is 0 Å². The van der Waals surface area contributed by atoms with E-state index in [1.54, 1.807) is 12.3 Å². The number of likely N-dealkylation sites (tertiary alicyclic amines) is 2. The minimum atomic E-state index is -0.627. The maximum atomic E-state index is 12.6. The SMILES string of the molecule is Cl.O=C(/C=C/c1cnc(N[C@@H]2CCN(C(=O)N3CCCCC3)C2)c(Cl)c1)NO. The number of hydroxylamine groups is 1. The van der Waals surface area contributed by atoms with Crippen LogP contribution in [-0.4, -0.2) is 64.2 Å². The van der Waals surface area contributed by atoms with Crippen molar-refractivity contribution in [3.63, 3.8) is 0 Å². The average Bonchev–Trinajstić information content (AvgIpc) is 3.16. The van der Waals surface area contributed by atoms with Crippen LogP contribution in [0.3, 0.4) is 0 Å². The number of anilines is 1. The van der Waals surface area contributed by atoms with E-state index in [4.69, 9.17) is 16.8 Å². The number of nitrogens with one attached hydrogen (secondary N) is 2. The second-order valence-corrected chi connectivity index (χ2v) is 7.22. The number of piperidine rings is 1. The molecule has 3 rings (SSSR count). The van der Waals surface area contributed by atoms with Gasteiger partial charge in [-0.3, -0.25) is 10.0 Å². The molecule has 0 radical (unpaired) electrons. The molecule has 1 atom stereocenters. The van der Waals surface area contributed by atoms with Crippen molar-refractivity contribution in [1.82, 2.24) is 20.3 Å². The first kappa shape index (κ1) is 22.3. The normalized spacial score (nSPS) is 19.4. The minimum Gasteiger partial charge on any atom is -0.364 e. The van der Waals surface area contributed by atoms with Gasteiger partial charge in [0.25, 0.3) is 5.91 Å². The molecule has 0 spiro atoms. The van der Waals surface area contributed by atoms with Crippen molar-refractivity contribution < 1.29 is 14.8 Å². The molecule has 2 aliphatic rings. The Morgan fingerprint density at radius 1 is 1.21 bits per heavy atom. The zero-order valence-corrected chi connectivity index (χ0v) is 17.0. The summed E-state index contributed by atoms with van der Waals surface area (Å²) in [6, 6.07) is 1.91. The third-order valence-electron chi connectivity index (χ3n) is 4.83. The molecule has 10 heteroatoms. The van der Waals surface area contributed by atoms with Crippen molar-refractivity contribution in [2.45, 2.75) is 31.7 Å². The Bertz CT molecular complexity index is 725. The summed E-state index contributed by atoms with van der Waals surface area (Å²) in [5.74, 6) is -0.0737. The highest BCUT2D eigenvalue weighted by atomic mass is 35.5. The van der Waals surface area contributed by atoms with Crippen LogP contribution in [0.25, 0.3) is 6.08 Å². The number of hydrogen-bond acceptors (Lipinski definition) is 5. The third-order valence-corrected chi connectivity index (χ3v) is 5.11. The van der Waals surface area contributed by atoms with Crippen LogP contribution >= 0.6 is 24.0 Å². The average molecular weight is 430 g/mol. The molecule has 1 aromatic heterocycles. The third kappa shape index (κ3) is 5.73. The molecule has 0 bridgehead atoms. The quantitative estimate of drug-likeness (QED) is 0.388. The maximum absolute atomic E-state index is 12.6. The lowest BCUT2D eigenvalue weighted by Crippen LogP contribution is -2.45. The van der Waals surface area contributed by atoms with Crippen molar-refractivity contribution >= 4 is 47.8 Å². The molecule has 0 aliphatic carbocycles. The number of rotatable bonds is 4. The van der Waals surface area contributed by atoms with Crippen LogP contribution in [0, 0.1) is 0 Å². The Morgan fingerprint density at radius 2 is 1.96 bits per heavy atom. The molecule has 2 fully saturated rings. The van der Waals surface area contributed by atoms with E-state index in [1.165, 1.54) is 24.1 Å². The molecule has 8 nitrogen and oxygen atoms in total.